The van der Waals surface area contributed by atoms with E-state index in [1.807, 2.05) is 12.3 Å². The Morgan fingerprint density at radius 3 is 3.19 bits per heavy atom. The smallest absolute Gasteiger partial charge is 0.248 e. The summed E-state index contributed by atoms with van der Waals surface area (Å²) in [5.74, 6) is 0.371. The van der Waals surface area contributed by atoms with Crippen molar-refractivity contribution in [2.75, 3.05) is 18.9 Å². The van der Waals surface area contributed by atoms with E-state index >= 15 is 0 Å². The van der Waals surface area contributed by atoms with Gasteiger partial charge in [0.05, 0.1) is 0 Å². The highest BCUT2D eigenvalue weighted by Gasteiger charge is 2.14. The monoisotopic (exact) mass is 217 g/mol. The van der Waals surface area contributed by atoms with E-state index in [4.69, 9.17) is 0 Å². The van der Waals surface area contributed by atoms with E-state index in [9.17, 15) is 4.79 Å². The van der Waals surface area contributed by atoms with Crippen LogP contribution >= 0.6 is 0 Å². The number of amides is 1. The predicted molar refractivity (Wildman–Crippen MR) is 63.1 cm³/mol. The first kappa shape index (κ1) is 10.8. The van der Waals surface area contributed by atoms with Crippen LogP contribution in [0.3, 0.4) is 0 Å². The summed E-state index contributed by atoms with van der Waals surface area (Å²) in [4.78, 5) is 17.6. The van der Waals surface area contributed by atoms with Gasteiger partial charge in [0.25, 0.3) is 0 Å². The summed E-state index contributed by atoms with van der Waals surface area (Å²) in [6.45, 7) is 5.38. The van der Waals surface area contributed by atoms with Crippen LogP contribution in [-0.4, -0.2) is 29.4 Å². The van der Waals surface area contributed by atoms with Gasteiger partial charge >= 0.3 is 0 Å². The fourth-order valence-electron chi connectivity index (χ4n) is 1.82. The number of anilines is 1. The molecule has 0 fully saturated rings. The SMILES string of the molecule is C=CC(=O)Nc1cc2c(cn1)CCN(C)C2. The zero-order valence-electron chi connectivity index (χ0n) is 9.36. The number of nitrogens with zero attached hydrogens (tertiary/aromatic N) is 2. The molecule has 4 heteroatoms. The van der Waals surface area contributed by atoms with Crippen LogP contribution in [0.25, 0.3) is 0 Å². The van der Waals surface area contributed by atoms with Gasteiger partial charge in [-0.05, 0) is 36.7 Å². The molecule has 0 unspecified atom stereocenters. The van der Waals surface area contributed by atoms with Gasteiger partial charge in [0.15, 0.2) is 0 Å². The highest BCUT2D eigenvalue weighted by molar-refractivity contribution is 5.98. The Kier molecular flexibility index (Phi) is 3.01. The third kappa shape index (κ3) is 2.28. The van der Waals surface area contributed by atoms with Gasteiger partial charge in [0.1, 0.15) is 5.82 Å². The zero-order valence-corrected chi connectivity index (χ0v) is 9.36. The van der Waals surface area contributed by atoms with E-state index < -0.39 is 0 Å². The molecule has 0 spiro atoms. The number of nitrogens with one attached hydrogen (secondary N) is 1. The number of hydrogen-bond donors (Lipinski definition) is 1. The lowest BCUT2D eigenvalue weighted by Gasteiger charge is -2.24. The maximum Gasteiger partial charge on any atom is 0.248 e. The first-order chi connectivity index (χ1) is 7.69. The molecule has 2 heterocycles. The number of likely N-dealkylation sites (N-methyl/N-ethyl adjacent to an activating group) is 1. The van der Waals surface area contributed by atoms with Gasteiger partial charge in [-0.1, -0.05) is 6.58 Å². The first-order valence-corrected chi connectivity index (χ1v) is 5.29. The molecule has 0 atom stereocenters. The second-order valence-corrected chi connectivity index (χ2v) is 4.02. The van der Waals surface area contributed by atoms with Gasteiger partial charge in [0.2, 0.25) is 5.91 Å². The number of fused-ring (bicyclic) bond motifs is 1. The minimum Gasteiger partial charge on any atom is -0.307 e. The number of carbonyl (C=O) groups is 1. The van der Waals surface area contributed by atoms with E-state index in [1.54, 1.807) is 0 Å². The van der Waals surface area contributed by atoms with Crippen LogP contribution in [-0.2, 0) is 17.8 Å². The number of hydrogen-bond acceptors (Lipinski definition) is 3. The van der Waals surface area contributed by atoms with E-state index in [2.05, 4.69) is 28.8 Å². The average Bonchev–Trinajstić information content (AvgIpc) is 2.28. The Morgan fingerprint density at radius 2 is 2.44 bits per heavy atom. The van der Waals surface area contributed by atoms with Gasteiger partial charge in [-0.3, -0.25) is 4.79 Å². The van der Waals surface area contributed by atoms with E-state index in [-0.39, 0.29) is 5.91 Å². The Bertz CT molecular complexity index is 428. The molecule has 0 aromatic carbocycles. The Balaban J connectivity index is 2.21. The topological polar surface area (TPSA) is 45.2 Å². The lowest BCUT2D eigenvalue weighted by atomic mass is 10.0. The molecule has 0 saturated carbocycles. The Labute approximate surface area is 95.0 Å². The molecular weight excluding hydrogens is 202 g/mol. The summed E-state index contributed by atoms with van der Waals surface area (Å²) in [7, 11) is 2.09. The largest absolute Gasteiger partial charge is 0.307 e. The highest BCUT2D eigenvalue weighted by atomic mass is 16.1. The van der Waals surface area contributed by atoms with Crippen molar-refractivity contribution in [3.05, 3.63) is 36.0 Å². The predicted octanol–water partition coefficient (Wildman–Crippen LogP) is 1.19. The Hall–Kier alpha value is -1.68. The second-order valence-electron chi connectivity index (χ2n) is 4.02. The summed E-state index contributed by atoms with van der Waals surface area (Å²) in [5, 5.41) is 2.67. The molecule has 1 N–H and O–H groups in total. The highest BCUT2D eigenvalue weighted by Crippen LogP contribution is 2.19. The first-order valence-electron chi connectivity index (χ1n) is 5.29. The molecule has 1 aliphatic rings. The van der Waals surface area contributed by atoms with Gasteiger partial charge in [-0.15, -0.1) is 0 Å². The zero-order chi connectivity index (χ0) is 11.5. The van der Waals surface area contributed by atoms with Gasteiger partial charge in [-0.25, -0.2) is 4.98 Å². The number of pyridine rings is 1. The number of rotatable bonds is 2. The van der Waals surface area contributed by atoms with Crippen molar-refractivity contribution >= 4 is 11.7 Å². The van der Waals surface area contributed by atoms with Gasteiger partial charge in [0, 0.05) is 19.3 Å². The molecule has 1 aliphatic heterocycles. The molecule has 16 heavy (non-hydrogen) atoms. The fraction of sp³-hybridized carbons (Fsp3) is 0.333. The molecule has 1 aromatic rings. The summed E-state index contributed by atoms with van der Waals surface area (Å²) in [5.41, 5.74) is 2.51. The van der Waals surface area contributed by atoms with Crippen LogP contribution in [0.4, 0.5) is 5.82 Å². The minimum atomic E-state index is -0.225. The molecule has 4 nitrogen and oxygen atoms in total. The number of carbonyl (C=O) groups excluding carboxylic acids is 1. The van der Waals surface area contributed by atoms with Crippen molar-refractivity contribution in [1.29, 1.82) is 0 Å². The third-order valence-corrected chi connectivity index (χ3v) is 2.72. The third-order valence-electron chi connectivity index (χ3n) is 2.72. The van der Waals surface area contributed by atoms with Gasteiger partial charge < -0.3 is 10.2 Å². The minimum absolute atomic E-state index is 0.225. The van der Waals surface area contributed by atoms with Crippen molar-refractivity contribution in [3.8, 4) is 0 Å². The molecule has 0 aliphatic carbocycles. The maximum absolute atomic E-state index is 11.1. The van der Waals surface area contributed by atoms with Crippen molar-refractivity contribution in [1.82, 2.24) is 9.88 Å². The summed E-state index contributed by atoms with van der Waals surface area (Å²) < 4.78 is 0. The molecule has 2 rings (SSSR count). The van der Waals surface area contributed by atoms with Crippen LogP contribution in [0.1, 0.15) is 11.1 Å². The quantitative estimate of drug-likeness (QED) is 0.757. The molecule has 1 aromatic heterocycles. The van der Waals surface area contributed by atoms with Crippen LogP contribution in [0.15, 0.2) is 24.9 Å². The van der Waals surface area contributed by atoms with Crippen molar-refractivity contribution < 1.29 is 4.79 Å². The number of aromatic nitrogens is 1. The summed E-state index contributed by atoms with van der Waals surface area (Å²) in [6.07, 6.45) is 4.11. The second kappa shape index (κ2) is 4.45. The normalized spacial score (nSPS) is 15.3. The molecule has 0 radical (unpaired) electrons. The molecule has 1 amide bonds. The van der Waals surface area contributed by atoms with Crippen LogP contribution in [0, 0.1) is 0 Å². The average molecular weight is 217 g/mol. The van der Waals surface area contributed by atoms with Crippen molar-refractivity contribution in [2.24, 2.45) is 0 Å². The van der Waals surface area contributed by atoms with Crippen molar-refractivity contribution in [2.45, 2.75) is 13.0 Å². The van der Waals surface area contributed by atoms with Crippen LogP contribution < -0.4 is 5.32 Å². The molecular formula is C12H15N3O. The fourth-order valence-corrected chi connectivity index (χ4v) is 1.82. The summed E-state index contributed by atoms with van der Waals surface area (Å²) in [6, 6.07) is 1.94. The standard InChI is InChI=1S/C12H15N3O/c1-3-12(16)14-11-6-10-8-15(2)5-4-9(10)7-13-11/h3,6-7H,1,4-5,8H2,2H3,(H,13,14,16). The Morgan fingerprint density at radius 1 is 1.62 bits per heavy atom. The van der Waals surface area contributed by atoms with E-state index in [1.165, 1.54) is 17.2 Å². The lowest BCUT2D eigenvalue weighted by Crippen LogP contribution is -2.26. The summed E-state index contributed by atoms with van der Waals surface area (Å²) >= 11 is 0. The van der Waals surface area contributed by atoms with Crippen molar-refractivity contribution in [3.63, 3.8) is 0 Å². The van der Waals surface area contributed by atoms with E-state index in [0.29, 0.717) is 5.82 Å². The van der Waals surface area contributed by atoms with Gasteiger partial charge in [-0.2, -0.15) is 0 Å². The molecule has 84 valence electrons. The maximum atomic E-state index is 11.1. The van der Waals surface area contributed by atoms with E-state index in [0.717, 1.165) is 19.5 Å². The molecule has 0 saturated heterocycles. The van der Waals surface area contributed by atoms with Crippen LogP contribution in [0.5, 0.6) is 0 Å². The van der Waals surface area contributed by atoms with Crippen LogP contribution in [0.2, 0.25) is 0 Å². The molecule has 0 bridgehead atoms. The lowest BCUT2D eigenvalue weighted by molar-refractivity contribution is -0.111.